The van der Waals surface area contributed by atoms with Crippen molar-refractivity contribution < 1.29 is 17.4 Å². The van der Waals surface area contributed by atoms with E-state index in [0.717, 1.165) is 0 Å². The molecule has 0 saturated carbocycles. The average molecular weight is 399 g/mol. The number of fused-ring (bicyclic) bond motifs is 2. The number of thiocarbonyl (C=S) groups is 1. The van der Waals surface area contributed by atoms with Crippen LogP contribution in [0.15, 0.2) is 58.3 Å². The minimum atomic E-state index is -3.35. The van der Waals surface area contributed by atoms with Crippen LogP contribution in [0.25, 0.3) is 0 Å². The van der Waals surface area contributed by atoms with E-state index in [9.17, 15) is 17.4 Å². The Balaban J connectivity index is 0.000000141. The van der Waals surface area contributed by atoms with Gasteiger partial charge < -0.3 is 0 Å². The number of amides is 1. The fraction of sp³-hybridized carbons (Fsp3) is 0. The van der Waals surface area contributed by atoms with E-state index in [1.165, 1.54) is 6.07 Å². The highest BCUT2D eigenvalue weighted by atomic mass is 32.8. The van der Waals surface area contributed by atoms with Gasteiger partial charge in [0.05, 0.1) is 15.4 Å². The first-order valence-corrected chi connectivity index (χ1v) is 10.9. The predicted molar refractivity (Wildman–Crippen MR) is 96.1 cm³/mol. The van der Waals surface area contributed by atoms with Gasteiger partial charge in [-0.3, -0.25) is 14.2 Å². The van der Waals surface area contributed by atoms with Gasteiger partial charge in [0, 0.05) is 16.8 Å². The molecule has 2 N–H and O–H groups in total. The van der Waals surface area contributed by atoms with Gasteiger partial charge in [-0.15, -0.1) is 0 Å². The number of carbonyl (C=O) groups is 1. The van der Waals surface area contributed by atoms with Crippen LogP contribution in [-0.2, 0) is 29.9 Å². The lowest BCUT2D eigenvalue weighted by atomic mass is 10.2. The third kappa shape index (κ3) is 2.93. The van der Waals surface area contributed by atoms with Gasteiger partial charge in [-0.25, -0.2) is 12.6 Å². The van der Waals surface area contributed by atoms with E-state index < -0.39 is 18.7 Å². The van der Waals surface area contributed by atoms with E-state index in [0.29, 0.717) is 16.0 Å². The molecular formula is C14H10N2O4S4. The first-order chi connectivity index (χ1) is 11.2. The van der Waals surface area contributed by atoms with Crippen molar-refractivity contribution in [2.75, 3.05) is 0 Å². The molecule has 4 rings (SSSR count). The van der Waals surface area contributed by atoms with Crippen LogP contribution in [0.5, 0.6) is 0 Å². The molecule has 0 aromatic heterocycles. The lowest BCUT2D eigenvalue weighted by Gasteiger charge is -1.95. The molecule has 2 heterocycles. The van der Waals surface area contributed by atoms with Crippen molar-refractivity contribution in [2.45, 2.75) is 9.79 Å². The molecule has 2 aliphatic heterocycles. The van der Waals surface area contributed by atoms with Crippen molar-refractivity contribution in [1.82, 2.24) is 9.44 Å². The minimum Gasteiger partial charge on any atom is -0.269 e. The number of carbonyl (C=O) groups excluding carboxylic acids is 1. The summed E-state index contributed by atoms with van der Waals surface area (Å²) in [6.07, 6.45) is 0. The molecule has 2 aromatic carbocycles. The molecular weight excluding hydrogens is 388 g/mol. The Bertz CT molecular complexity index is 988. The highest BCUT2D eigenvalue weighted by molar-refractivity contribution is 8.32. The molecule has 24 heavy (non-hydrogen) atoms. The largest absolute Gasteiger partial charge is 0.269 e. The maximum absolute atomic E-state index is 11.5. The molecule has 2 aliphatic rings. The molecule has 10 heteroatoms. The van der Waals surface area contributed by atoms with Crippen LogP contribution < -0.4 is 9.44 Å². The van der Waals surface area contributed by atoms with Crippen molar-refractivity contribution in [3.63, 3.8) is 0 Å². The number of nitrogens with one attached hydrogen (secondary N) is 2. The van der Waals surface area contributed by atoms with E-state index in [4.69, 9.17) is 23.4 Å². The fourth-order valence-electron chi connectivity index (χ4n) is 2.24. The highest BCUT2D eigenvalue weighted by Crippen LogP contribution is 2.22. The van der Waals surface area contributed by atoms with Gasteiger partial charge in [0.25, 0.3) is 15.9 Å². The van der Waals surface area contributed by atoms with Crippen LogP contribution in [0.3, 0.4) is 0 Å². The lowest BCUT2D eigenvalue weighted by Crippen LogP contribution is -2.19. The molecule has 1 amide bonds. The zero-order chi connectivity index (χ0) is 17.5. The zero-order valence-corrected chi connectivity index (χ0v) is 15.2. The van der Waals surface area contributed by atoms with Crippen LogP contribution >= 0.6 is 12.2 Å². The summed E-state index contributed by atoms with van der Waals surface area (Å²) in [6, 6.07) is 13.3. The zero-order valence-electron chi connectivity index (χ0n) is 11.9. The molecule has 0 radical (unpaired) electrons. The Hall–Kier alpha value is -1.88. The quantitative estimate of drug-likeness (QED) is 0.646. The first-order valence-electron chi connectivity index (χ1n) is 6.55. The maximum Gasteiger partial charge on any atom is 0.264 e. The van der Waals surface area contributed by atoms with E-state index in [1.807, 2.05) is 0 Å². The molecule has 2 aromatic rings. The summed E-state index contributed by atoms with van der Waals surface area (Å²) in [5.41, 5.74) is 1.02. The Morgan fingerprint density at radius 1 is 0.792 bits per heavy atom. The molecule has 0 spiro atoms. The van der Waals surface area contributed by atoms with Crippen LogP contribution in [0.2, 0.25) is 0 Å². The topological polar surface area (TPSA) is 92.3 Å². The Morgan fingerprint density at radius 3 is 1.92 bits per heavy atom. The summed E-state index contributed by atoms with van der Waals surface area (Å²) >= 11 is 9.57. The second kappa shape index (κ2) is 5.88. The van der Waals surface area contributed by atoms with E-state index in [2.05, 4.69) is 9.44 Å². The molecule has 0 aliphatic carbocycles. The summed E-state index contributed by atoms with van der Waals surface area (Å²) in [7, 11) is -6.07. The number of hydrogen-bond acceptors (Lipinski definition) is 6. The van der Waals surface area contributed by atoms with Crippen molar-refractivity contribution in [1.29, 1.82) is 0 Å². The number of rotatable bonds is 0. The summed E-state index contributed by atoms with van der Waals surface area (Å²) in [4.78, 5) is 12.1. The van der Waals surface area contributed by atoms with Gasteiger partial charge in [-0.2, -0.15) is 0 Å². The number of benzene rings is 2. The summed E-state index contributed by atoms with van der Waals surface area (Å²) in [5.74, 6) is -0.342. The first kappa shape index (κ1) is 17.0. The second-order valence-electron chi connectivity index (χ2n) is 4.86. The number of sulfonamides is 1. The van der Waals surface area contributed by atoms with Crippen molar-refractivity contribution in [3.05, 3.63) is 59.7 Å². The van der Waals surface area contributed by atoms with Gasteiger partial charge in [0.2, 0.25) is 0 Å². The molecule has 124 valence electrons. The Morgan fingerprint density at radius 2 is 1.33 bits per heavy atom. The smallest absolute Gasteiger partial charge is 0.264 e. The van der Waals surface area contributed by atoms with E-state index >= 15 is 0 Å². The molecule has 1 unspecified atom stereocenters. The van der Waals surface area contributed by atoms with Gasteiger partial charge in [0.1, 0.15) is 13.7 Å². The van der Waals surface area contributed by atoms with Crippen molar-refractivity contribution in [2.24, 2.45) is 0 Å². The lowest BCUT2D eigenvalue weighted by molar-refractivity contribution is 0.0986. The summed E-state index contributed by atoms with van der Waals surface area (Å²) in [6.45, 7) is 0. The van der Waals surface area contributed by atoms with Gasteiger partial charge >= 0.3 is 0 Å². The minimum absolute atomic E-state index is 0.273. The van der Waals surface area contributed by atoms with Crippen molar-refractivity contribution in [3.8, 4) is 0 Å². The summed E-state index contributed by atoms with van der Waals surface area (Å²) < 4.78 is 38.6. The Kier molecular flexibility index (Phi) is 4.16. The molecule has 0 fully saturated rings. The highest BCUT2D eigenvalue weighted by Gasteiger charge is 2.29. The van der Waals surface area contributed by atoms with E-state index in [-0.39, 0.29) is 15.8 Å². The monoisotopic (exact) mass is 398 g/mol. The van der Waals surface area contributed by atoms with Gasteiger partial charge in [-0.05, 0) is 18.2 Å². The SMILES string of the molecule is O=C1NS(=O)(=S)c2ccccc21.O=S1(=O)NC(=S)c2ccccc21. The van der Waals surface area contributed by atoms with E-state index in [1.54, 1.807) is 42.5 Å². The van der Waals surface area contributed by atoms with Crippen LogP contribution in [0.4, 0.5) is 0 Å². The molecule has 0 bridgehead atoms. The normalized spacial score (nSPS) is 22.5. The molecule has 1 atom stereocenters. The molecule has 6 nitrogen and oxygen atoms in total. The summed E-state index contributed by atoms with van der Waals surface area (Å²) in [5, 5.41) is 0. The Labute approximate surface area is 149 Å². The standard InChI is InChI=1S/2C7H5NO2S2/c9-12(10)6-4-2-1-3-5(6)7(11)8-12;9-7-5-3-1-2-4-6(5)12(10,11)8-7/h1-4H,(H,8,11);1-4H,(H,8,9). The fourth-order valence-corrected chi connectivity index (χ4v) is 5.83. The number of hydrogen-bond donors (Lipinski definition) is 2. The molecule has 0 saturated heterocycles. The van der Waals surface area contributed by atoms with Crippen LogP contribution in [0, 0.1) is 0 Å². The van der Waals surface area contributed by atoms with Crippen molar-refractivity contribution >= 4 is 53.0 Å². The third-order valence-corrected chi connectivity index (χ3v) is 7.33. The van der Waals surface area contributed by atoms with Crippen LogP contribution in [0.1, 0.15) is 15.9 Å². The maximum atomic E-state index is 11.5. The van der Waals surface area contributed by atoms with Gasteiger partial charge in [0.15, 0.2) is 0 Å². The predicted octanol–water partition coefficient (Wildman–Crippen LogP) is 1.10. The average Bonchev–Trinajstić information content (AvgIpc) is 2.91. The van der Waals surface area contributed by atoms with Crippen LogP contribution in [-0.4, -0.2) is 23.5 Å². The third-order valence-electron chi connectivity index (χ3n) is 3.30. The van der Waals surface area contributed by atoms with Gasteiger partial charge in [-0.1, -0.05) is 42.5 Å². The second-order valence-corrected chi connectivity index (χ2v) is 9.98.